The minimum absolute atomic E-state index is 0.176. The number of nitrogen functional groups attached to an aromatic ring is 1. The van der Waals surface area contributed by atoms with Crippen molar-refractivity contribution in [3.8, 4) is 0 Å². The van der Waals surface area contributed by atoms with Gasteiger partial charge in [0.05, 0.1) is 0 Å². The quantitative estimate of drug-likeness (QED) is 0.687. The first-order valence-corrected chi connectivity index (χ1v) is 6.61. The van der Waals surface area contributed by atoms with E-state index in [1.807, 2.05) is 0 Å². The SMILES string of the molecule is CCN1CCCC1CNc1c(N)n(C)c(=O)[nH]c1=O. The Morgan fingerprint density at radius 2 is 2.21 bits per heavy atom. The lowest BCUT2D eigenvalue weighted by atomic mass is 10.2. The molecule has 1 fully saturated rings. The summed E-state index contributed by atoms with van der Waals surface area (Å²) in [6, 6.07) is 0.418. The lowest BCUT2D eigenvalue weighted by Crippen LogP contribution is -2.37. The lowest BCUT2D eigenvalue weighted by molar-refractivity contribution is 0.277. The van der Waals surface area contributed by atoms with Gasteiger partial charge in [0, 0.05) is 19.6 Å². The summed E-state index contributed by atoms with van der Waals surface area (Å²) >= 11 is 0. The number of nitrogens with zero attached hydrogens (tertiary/aromatic N) is 2. The Bertz CT molecular complexity index is 562. The van der Waals surface area contributed by atoms with Gasteiger partial charge in [-0.25, -0.2) is 4.79 Å². The Balaban J connectivity index is 2.14. The fourth-order valence-corrected chi connectivity index (χ4v) is 2.57. The molecule has 1 unspecified atom stereocenters. The zero-order valence-corrected chi connectivity index (χ0v) is 11.4. The summed E-state index contributed by atoms with van der Waals surface area (Å²) in [6.45, 7) is 4.90. The van der Waals surface area contributed by atoms with E-state index in [1.165, 1.54) is 18.0 Å². The van der Waals surface area contributed by atoms with E-state index in [9.17, 15) is 9.59 Å². The summed E-state index contributed by atoms with van der Waals surface area (Å²) in [5.74, 6) is 0.176. The summed E-state index contributed by atoms with van der Waals surface area (Å²) in [4.78, 5) is 27.7. The standard InChI is InChI=1S/C12H21N5O2/c1-3-17-6-4-5-8(17)7-14-9-10(13)16(2)12(19)15-11(9)18/h8,14H,3-7,13H2,1-2H3,(H,15,18,19). The van der Waals surface area contributed by atoms with Crippen molar-refractivity contribution in [3.05, 3.63) is 20.8 Å². The van der Waals surface area contributed by atoms with E-state index >= 15 is 0 Å². The first kappa shape index (κ1) is 13.7. The van der Waals surface area contributed by atoms with Crippen LogP contribution in [0.4, 0.5) is 11.5 Å². The summed E-state index contributed by atoms with van der Waals surface area (Å²) in [7, 11) is 1.53. The second kappa shape index (κ2) is 5.48. The van der Waals surface area contributed by atoms with Crippen LogP contribution in [-0.2, 0) is 7.05 Å². The third-order valence-electron chi connectivity index (χ3n) is 3.79. The number of rotatable bonds is 4. The van der Waals surface area contributed by atoms with Crippen molar-refractivity contribution < 1.29 is 0 Å². The maximum absolute atomic E-state index is 11.7. The highest BCUT2D eigenvalue weighted by atomic mass is 16.2. The molecule has 1 aliphatic rings. The number of nitrogens with one attached hydrogen (secondary N) is 2. The van der Waals surface area contributed by atoms with Crippen molar-refractivity contribution in [2.45, 2.75) is 25.8 Å². The smallest absolute Gasteiger partial charge is 0.329 e. The molecule has 7 nitrogen and oxygen atoms in total. The topological polar surface area (TPSA) is 96.2 Å². The average molecular weight is 267 g/mol. The zero-order valence-electron chi connectivity index (χ0n) is 11.4. The molecular weight excluding hydrogens is 246 g/mol. The Hall–Kier alpha value is -1.76. The van der Waals surface area contributed by atoms with Crippen LogP contribution in [0.2, 0.25) is 0 Å². The van der Waals surface area contributed by atoms with Crippen molar-refractivity contribution in [1.82, 2.24) is 14.5 Å². The highest BCUT2D eigenvalue weighted by Gasteiger charge is 2.23. The molecule has 1 aromatic heterocycles. The van der Waals surface area contributed by atoms with E-state index in [0.29, 0.717) is 12.6 Å². The fourth-order valence-electron chi connectivity index (χ4n) is 2.57. The van der Waals surface area contributed by atoms with Gasteiger partial charge in [-0.1, -0.05) is 6.92 Å². The molecule has 0 aromatic carbocycles. The highest BCUT2D eigenvalue weighted by molar-refractivity contribution is 5.60. The van der Waals surface area contributed by atoms with E-state index in [4.69, 9.17) is 5.73 Å². The molecule has 106 valence electrons. The van der Waals surface area contributed by atoms with Crippen LogP contribution < -0.4 is 22.3 Å². The predicted octanol–water partition coefficient (Wildman–Crippen LogP) is -0.448. The van der Waals surface area contributed by atoms with E-state index in [1.54, 1.807) is 0 Å². The van der Waals surface area contributed by atoms with Crippen molar-refractivity contribution in [1.29, 1.82) is 0 Å². The van der Waals surface area contributed by atoms with E-state index in [0.717, 1.165) is 19.5 Å². The van der Waals surface area contributed by atoms with Gasteiger partial charge in [0.15, 0.2) is 0 Å². The van der Waals surface area contributed by atoms with Gasteiger partial charge in [0.2, 0.25) is 0 Å². The van der Waals surface area contributed by atoms with Crippen molar-refractivity contribution in [2.24, 2.45) is 7.05 Å². The number of aromatic nitrogens is 2. The minimum atomic E-state index is -0.496. The van der Waals surface area contributed by atoms with Gasteiger partial charge < -0.3 is 11.1 Å². The maximum Gasteiger partial charge on any atom is 0.329 e. The maximum atomic E-state index is 11.7. The van der Waals surface area contributed by atoms with Crippen molar-refractivity contribution in [2.75, 3.05) is 30.7 Å². The van der Waals surface area contributed by atoms with Gasteiger partial charge in [-0.3, -0.25) is 19.2 Å². The van der Waals surface area contributed by atoms with E-state index < -0.39 is 11.2 Å². The van der Waals surface area contributed by atoms with E-state index in [-0.39, 0.29) is 11.5 Å². The number of likely N-dealkylation sites (tertiary alicyclic amines) is 1. The third-order valence-corrected chi connectivity index (χ3v) is 3.79. The number of nitrogens with two attached hydrogens (primary N) is 1. The molecule has 4 N–H and O–H groups in total. The summed E-state index contributed by atoms with van der Waals surface area (Å²) < 4.78 is 1.23. The summed E-state index contributed by atoms with van der Waals surface area (Å²) in [5, 5.41) is 3.09. The van der Waals surface area contributed by atoms with Crippen LogP contribution in [0.15, 0.2) is 9.59 Å². The van der Waals surface area contributed by atoms with Crippen molar-refractivity contribution >= 4 is 11.5 Å². The van der Waals surface area contributed by atoms with Gasteiger partial charge in [-0.05, 0) is 25.9 Å². The van der Waals surface area contributed by atoms with Crippen LogP contribution in [0, 0.1) is 0 Å². The van der Waals surface area contributed by atoms with Crippen LogP contribution in [0.3, 0.4) is 0 Å². The van der Waals surface area contributed by atoms with Crippen LogP contribution in [0.5, 0.6) is 0 Å². The van der Waals surface area contributed by atoms with Gasteiger partial charge in [-0.2, -0.15) is 0 Å². The van der Waals surface area contributed by atoms with Crippen LogP contribution in [0.1, 0.15) is 19.8 Å². The lowest BCUT2D eigenvalue weighted by Gasteiger charge is -2.23. The van der Waals surface area contributed by atoms with Gasteiger partial charge in [0.25, 0.3) is 5.56 Å². The molecule has 19 heavy (non-hydrogen) atoms. The highest BCUT2D eigenvalue weighted by Crippen LogP contribution is 2.17. The summed E-state index contributed by atoms with van der Waals surface area (Å²) in [6.07, 6.45) is 2.30. The second-order valence-corrected chi connectivity index (χ2v) is 4.88. The third kappa shape index (κ3) is 2.65. The number of aromatic amines is 1. The normalized spacial score (nSPS) is 19.8. The fraction of sp³-hybridized carbons (Fsp3) is 0.667. The van der Waals surface area contributed by atoms with Gasteiger partial charge >= 0.3 is 5.69 Å². The molecule has 1 saturated heterocycles. The first-order valence-electron chi connectivity index (χ1n) is 6.61. The molecule has 0 aliphatic carbocycles. The molecule has 0 amide bonds. The number of anilines is 2. The monoisotopic (exact) mass is 267 g/mol. The molecule has 1 atom stereocenters. The summed E-state index contributed by atoms with van der Waals surface area (Å²) in [5.41, 5.74) is 5.13. The molecule has 1 aromatic rings. The van der Waals surface area contributed by atoms with Gasteiger partial charge in [-0.15, -0.1) is 0 Å². The minimum Gasteiger partial charge on any atom is -0.383 e. The first-order chi connectivity index (χ1) is 9.04. The number of hydrogen-bond donors (Lipinski definition) is 3. The van der Waals surface area contributed by atoms with Crippen LogP contribution >= 0.6 is 0 Å². The van der Waals surface area contributed by atoms with Gasteiger partial charge in [0.1, 0.15) is 11.5 Å². The number of likely N-dealkylation sites (N-methyl/N-ethyl adjacent to an activating group) is 1. The van der Waals surface area contributed by atoms with Crippen molar-refractivity contribution in [3.63, 3.8) is 0 Å². The zero-order chi connectivity index (χ0) is 14.0. The molecule has 0 spiro atoms. The Morgan fingerprint density at radius 3 is 2.89 bits per heavy atom. The molecular formula is C12H21N5O2. The second-order valence-electron chi connectivity index (χ2n) is 4.88. The number of H-pyrrole nitrogens is 1. The molecule has 0 radical (unpaired) electrons. The molecule has 1 aliphatic heterocycles. The molecule has 0 bridgehead atoms. The Kier molecular flexibility index (Phi) is 3.94. The largest absolute Gasteiger partial charge is 0.383 e. The number of hydrogen-bond acceptors (Lipinski definition) is 5. The molecule has 2 rings (SSSR count). The molecule has 2 heterocycles. The molecule has 7 heteroatoms. The van der Waals surface area contributed by atoms with Crippen LogP contribution in [-0.4, -0.2) is 40.1 Å². The average Bonchev–Trinajstić information content (AvgIpc) is 2.83. The van der Waals surface area contributed by atoms with E-state index in [2.05, 4.69) is 22.1 Å². The predicted molar refractivity (Wildman–Crippen MR) is 75.5 cm³/mol. The Labute approximate surface area is 111 Å². The Morgan fingerprint density at radius 1 is 1.47 bits per heavy atom. The van der Waals surface area contributed by atoms with Crippen LogP contribution in [0.25, 0.3) is 0 Å². The molecule has 0 saturated carbocycles.